The minimum atomic E-state index is -0.370. The number of benzene rings is 1. The van der Waals surface area contributed by atoms with Gasteiger partial charge in [0.05, 0.1) is 12.2 Å². The molecule has 2 rings (SSSR count). The van der Waals surface area contributed by atoms with Crippen molar-refractivity contribution in [2.45, 2.75) is 13.8 Å². The SMILES string of the molecule is CCOC(=O)c1ccc(Nc2ccc(C)c(Cl)c2)nc1. The van der Waals surface area contributed by atoms with E-state index in [0.717, 1.165) is 11.3 Å². The Labute approximate surface area is 122 Å². The van der Waals surface area contributed by atoms with Gasteiger partial charge in [-0.25, -0.2) is 9.78 Å². The topological polar surface area (TPSA) is 51.2 Å². The molecular weight excluding hydrogens is 276 g/mol. The van der Waals surface area contributed by atoms with Crippen LogP contribution >= 0.6 is 11.6 Å². The Morgan fingerprint density at radius 1 is 1.35 bits per heavy atom. The third kappa shape index (κ3) is 3.48. The van der Waals surface area contributed by atoms with Crippen molar-refractivity contribution in [1.29, 1.82) is 0 Å². The zero-order valence-corrected chi connectivity index (χ0v) is 12.1. The first-order valence-corrected chi connectivity index (χ1v) is 6.64. The van der Waals surface area contributed by atoms with Crippen molar-refractivity contribution in [2.24, 2.45) is 0 Å². The van der Waals surface area contributed by atoms with Gasteiger partial charge in [0.2, 0.25) is 0 Å². The van der Waals surface area contributed by atoms with Crippen molar-refractivity contribution in [3.05, 3.63) is 52.7 Å². The summed E-state index contributed by atoms with van der Waals surface area (Å²) in [5.74, 6) is 0.267. The molecule has 0 fully saturated rings. The van der Waals surface area contributed by atoms with E-state index in [1.807, 2.05) is 25.1 Å². The minimum Gasteiger partial charge on any atom is -0.462 e. The van der Waals surface area contributed by atoms with E-state index in [0.29, 0.717) is 23.0 Å². The van der Waals surface area contributed by atoms with Crippen LogP contribution in [0.3, 0.4) is 0 Å². The zero-order valence-electron chi connectivity index (χ0n) is 11.3. The highest BCUT2D eigenvalue weighted by Gasteiger charge is 2.06. The average molecular weight is 291 g/mol. The number of hydrogen-bond acceptors (Lipinski definition) is 4. The lowest BCUT2D eigenvalue weighted by atomic mass is 10.2. The fourth-order valence-corrected chi connectivity index (χ4v) is 1.80. The highest BCUT2D eigenvalue weighted by atomic mass is 35.5. The van der Waals surface area contributed by atoms with Gasteiger partial charge >= 0.3 is 5.97 Å². The molecule has 0 aliphatic heterocycles. The second kappa shape index (κ2) is 6.39. The van der Waals surface area contributed by atoms with Crippen LogP contribution in [-0.4, -0.2) is 17.6 Å². The fourth-order valence-electron chi connectivity index (χ4n) is 1.62. The second-order valence-corrected chi connectivity index (χ2v) is 4.65. The first kappa shape index (κ1) is 14.3. The van der Waals surface area contributed by atoms with Gasteiger partial charge in [-0.15, -0.1) is 0 Å². The summed E-state index contributed by atoms with van der Waals surface area (Å²) in [7, 11) is 0. The lowest BCUT2D eigenvalue weighted by Crippen LogP contribution is -2.05. The molecule has 0 radical (unpaired) electrons. The molecule has 1 N–H and O–H groups in total. The minimum absolute atomic E-state index is 0.348. The lowest BCUT2D eigenvalue weighted by Gasteiger charge is -2.08. The third-order valence-corrected chi connectivity index (χ3v) is 3.13. The summed E-state index contributed by atoms with van der Waals surface area (Å²) in [6.07, 6.45) is 1.48. The summed E-state index contributed by atoms with van der Waals surface area (Å²) < 4.78 is 4.90. The molecule has 1 aromatic heterocycles. The van der Waals surface area contributed by atoms with Crippen LogP contribution < -0.4 is 5.32 Å². The van der Waals surface area contributed by atoms with Crippen LogP contribution in [0.5, 0.6) is 0 Å². The number of hydrogen-bond donors (Lipinski definition) is 1. The molecule has 0 unspecified atom stereocenters. The van der Waals surface area contributed by atoms with E-state index in [1.165, 1.54) is 6.20 Å². The van der Waals surface area contributed by atoms with Gasteiger partial charge in [0.25, 0.3) is 0 Å². The molecule has 20 heavy (non-hydrogen) atoms. The Bertz CT molecular complexity index is 612. The van der Waals surface area contributed by atoms with Gasteiger partial charge in [-0.3, -0.25) is 0 Å². The van der Waals surface area contributed by atoms with E-state index in [4.69, 9.17) is 16.3 Å². The molecule has 4 nitrogen and oxygen atoms in total. The number of anilines is 2. The van der Waals surface area contributed by atoms with Crippen molar-refractivity contribution in [3.63, 3.8) is 0 Å². The quantitative estimate of drug-likeness (QED) is 0.866. The monoisotopic (exact) mass is 290 g/mol. The molecule has 0 amide bonds. The predicted octanol–water partition coefficient (Wildman–Crippen LogP) is 3.96. The van der Waals surface area contributed by atoms with Gasteiger partial charge in [0, 0.05) is 16.9 Å². The van der Waals surface area contributed by atoms with E-state index >= 15 is 0 Å². The van der Waals surface area contributed by atoms with Crippen LogP contribution in [-0.2, 0) is 4.74 Å². The van der Waals surface area contributed by atoms with Crippen LogP contribution in [0.1, 0.15) is 22.8 Å². The number of nitrogens with zero attached hydrogens (tertiary/aromatic N) is 1. The maximum absolute atomic E-state index is 11.5. The van der Waals surface area contributed by atoms with E-state index in [2.05, 4.69) is 10.3 Å². The van der Waals surface area contributed by atoms with E-state index < -0.39 is 0 Å². The van der Waals surface area contributed by atoms with Gasteiger partial charge in [0.1, 0.15) is 5.82 Å². The van der Waals surface area contributed by atoms with Crippen molar-refractivity contribution in [2.75, 3.05) is 11.9 Å². The fraction of sp³-hybridized carbons (Fsp3) is 0.200. The summed E-state index contributed by atoms with van der Waals surface area (Å²) in [5.41, 5.74) is 2.29. The van der Waals surface area contributed by atoms with Crippen molar-refractivity contribution < 1.29 is 9.53 Å². The molecule has 0 atom stereocenters. The molecule has 0 bridgehead atoms. The number of nitrogens with one attached hydrogen (secondary N) is 1. The third-order valence-electron chi connectivity index (χ3n) is 2.72. The highest BCUT2D eigenvalue weighted by Crippen LogP contribution is 2.22. The normalized spacial score (nSPS) is 10.2. The number of aryl methyl sites for hydroxylation is 1. The largest absolute Gasteiger partial charge is 0.462 e. The Hall–Kier alpha value is -2.07. The number of halogens is 1. The summed E-state index contributed by atoms with van der Waals surface area (Å²) in [6.45, 7) is 4.06. The van der Waals surface area contributed by atoms with Gasteiger partial charge in [0.15, 0.2) is 0 Å². The van der Waals surface area contributed by atoms with Crippen LogP contribution in [0.25, 0.3) is 0 Å². The Kier molecular flexibility index (Phi) is 4.58. The molecule has 0 spiro atoms. The van der Waals surface area contributed by atoms with E-state index in [1.54, 1.807) is 19.1 Å². The summed E-state index contributed by atoms with van der Waals surface area (Å²) in [4.78, 5) is 15.7. The number of aromatic nitrogens is 1. The summed E-state index contributed by atoms with van der Waals surface area (Å²) >= 11 is 6.06. The number of carbonyl (C=O) groups is 1. The van der Waals surface area contributed by atoms with E-state index in [9.17, 15) is 4.79 Å². The van der Waals surface area contributed by atoms with Gasteiger partial charge in [-0.1, -0.05) is 17.7 Å². The van der Waals surface area contributed by atoms with Crippen molar-refractivity contribution in [1.82, 2.24) is 4.98 Å². The molecule has 0 saturated heterocycles. The molecule has 1 heterocycles. The molecule has 1 aromatic carbocycles. The zero-order chi connectivity index (χ0) is 14.5. The summed E-state index contributed by atoms with van der Waals surface area (Å²) in [5, 5.41) is 3.82. The molecule has 104 valence electrons. The molecular formula is C15H15ClN2O2. The number of carbonyl (C=O) groups excluding carboxylic acids is 1. The second-order valence-electron chi connectivity index (χ2n) is 4.24. The van der Waals surface area contributed by atoms with Crippen LogP contribution in [0.4, 0.5) is 11.5 Å². The summed E-state index contributed by atoms with van der Waals surface area (Å²) in [6, 6.07) is 9.07. The number of pyridine rings is 1. The molecule has 0 aliphatic rings. The van der Waals surface area contributed by atoms with Gasteiger partial charge in [-0.2, -0.15) is 0 Å². The van der Waals surface area contributed by atoms with Gasteiger partial charge < -0.3 is 10.1 Å². The number of rotatable bonds is 4. The molecule has 0 aliphatic carbocycles. The molecule has 0 saturated carbocycles. The van der Waals surface area contributed by atoms with Crippen LogP contribution in [0.15, 0.2) is 36.5 Å². The Balaban J connectivity index is 2.10. The molecule has 2 aromatic rings. The van der Waals surface area contributed by atoms with Crippen molar-refractivity contribution in [3.8, 4) is 0 Å². The van der Waals surface area contributed by atoms with Crippen LogP contribution in [0.2, 0.25) is 5.02 Å². The first-order valence-electron chi connectivity index (χ1n) is 6.26. The molecule has 5 heteroatoms. The number of ether oxygens (including phenoxy) is 1. The maximum atomic E-state index is 11.5. The maximum Gasteiger partial charge on any atom is 0.339 e. The highest BCUT2D eigenvalue weighted by molar-refractivity contribution is 6.31. The average Bonchev–Trinajstić information content (AvgIpc) is 2.44. The Morgan fingerprint density at radius 3 is 2.75 bits per heavy atom. The smallest absolute Gasteiger partial charge is 0.339 e. The number of esters is 1. The Morgan fingerprint density at radius 2 is 2.15 bits per heavy atom. The van der Waals surface area contributed by atoms with E-state index in [-0.39, 0.29) is 5.97 Å². The standard InChI is InChI=1S/C15H15ClN2O2/c1-3-20-15(19)11-5-7-14(17-9-11)18-12-6-4-10(2)13(16)8-12/h4-9H,3H2,1-2H3,(H,17,18). The van der Waals surface area contributed by atoms with Crippen LogP contribution in [0, 0.1) is 6.92 Å². The van der Waals surface area contributed by atoms with Gasteiger partial charge in [-0.05, 0) is 43.7 Å². The first-order chi connectivity index (χ1) is 9.60. The lowest BCUT2D eigenvalue weighted by molar-refractivity contribution is 0.0526. The predicted molar refractivity (Wildman–Crippen MR) is 79.7 cm³/mol. The van der Waals surface area contributed by atoms with Crippen molar-refractivity contribution >= 4 is 29.1 Å².